The Morgan fingerprint density at radius 1 is 1.46 bits per heavy atom. The average Bonchev–Trinajstić information content (AvgIpc) is 3.02. The SMILES string of the molecule is Cc1nc2c(s1)CN(C[C@@H](O)CNC(=O)c1cc(CC3COC3)ncn1)CC2. The summed E-state index contributed by atoms with van der Waals surface area (Å²) in [4.78, 5) is 28.7. The van der Waals surface area contributed by atoms with Crippen LogP contribution >= 0.6 is 11.3 Å². The van der Waals surface area contributed by atoms with Crippen molar-refractivity contribution in [3.05, 3.63) is 39.4 Å². The number of aliphatic hydroxyl groups excluding tert-OH is 1. The van der Waals surface area contributed by atoms with E-state index in [1.807, 2.05) is 6.92 Å². The molecule has 0 unspecified atom stereocenters. The first kappa shape index (κ1) is 19.4. The maximum Gasteiger partial charge on any atom is 0.270 e. The van der Waals surface area contributed by atoms with Gasteiger partial charge in [0.25, 0.3) is 5.91 Å². The first-order valence-electron chi connectivity index (χ1n) is 9.59. The van der Waals surface area contributed by atoms with Crippen molar-refractivity contribution in [2.75, 3.05) is 32.8 Å². The monoisotopic (exact) mass is 403 g/mol. The van der Waals surface area contributed by atoms with Gasteiger partial charge in [0.05, 0.1) is 30.0 Å². The van der Waals surface area contributed by atoms with Gasteiger partial charge >= 0.3 is 0 Å². The molecule has 0 bridgehead atoms. The summed E-state index contributed by atoms with van der Waals surface area (Å²) in [6.45, 7) is 5.92. The molecule has 28 heavy (non-hydrogen) atoms. The van der Waals surface area contributed by atoms with Crippen molar-refractivity contribution >= 4 is 17.2 Å². The highest BCUT2D eigenvalue weighted by Crippen LogP contribution is 2.24. The summed E-state index contributed by atoms with van der Waals surface area (Å²) in [7, 11) is 0. The summed E-state index contributed by atoms with van der Waals surface area (Å²) >= 11 is 1.72. The molecule has 1 amide bonds. The van der Waals surface area contributed by atoms with E-state index in [0.717, 1.165) is 49.8 Å². The zero-order valence-corrected chi connectivity index (χ0v) is 16.7. The maximum atomic E-state index is 12.4. The highest BCUT2D eigenvalue weighted by atomic mass is 32.1. The van der Waals surface area contributed by atoms with E-state index in [1.54, 1.807) is 17.4 Å². The third kappa shape index (κ3) is 4.72. The lowest BCUT2D eigenvalue weighted by atomic mass is 10.0. The second kappa shape index (κ2) is 8.60. The molecule has 4 rings (SSSR count). The highest BCUT2D eigenvalue weighted by Gasteiger charge is 2.23. The molecule has 0 saturated carbocycles. The molecule has 0 radical (unpaired) electrons. The number of carbonyl (C=O) groups is 1. The topological polar surface area (TPSA) is 100 Å². The third-order valence-electron chi connectivity index (χ3n) is 5.05. The normalized spacial score (nSPS) is 18.4. The van der Waals surface area contributed by atoms with Crippen molar-refractivity contribution in [3.63, 3.8) is 0 Å². The van der Waals surface area contributed by atoms with Crippen LogP contribution in [0.3, 0.4) is 0 Å². The lowest BCUT2D eigenvalue weighted by Crippen LogP contribution is -2.42. The molecule has 2 aromatic heterocycles. The van der Waals surface area contributed by atoms with E-state index < -0.39 is 6.10 Å². The lowest BCUT2D eigenvalue weighted by molar-refractivity contribution is -0.0316. The molecule has 1 fully saturated rings. The molecule has 2 N–H and O–H groups in total. The van der Waals surface area contributed by atoms with Crippen molar-refractivity contribution in [3.8, 4) is 0 Å². The van der Waals surface area contributed by atoms with Crippen LogP contribution in [0.5, 0.6) is 0 Å². The molecule has 1 saturated heterocycles. The number of carbonyl (C=O) groups excluding carboxylic acids is 1. The average molecular weight is 404 g/mol. The molecular formula is C19H25N5O3S. The van der Waals surface area contributed by atoms with E-state index in [0.29, 0.717) is 18.2 Å². The van der Waals surface area contributed by atoms with E-state index in [-0.39, 0.29) is 12.5 Å². The van der Waals surface area contributed by atoms with E-state index in [1.165, 1.54) is 16.9 Å². The Morgan fingerprint density at radius 3 is 3.11 bits per heavy atom. The fourth-order valence-corrected chi connectivity index (χ4v) is 4.55. The number of amides is 1. The van der Waals surface area contributed by atoms with Crippen molar-refractivity contribution in [2.24, 2.45) is 5.92 Å². The molecule has 9 heteroatoms. The van der Waals surface area contributed by atoms with Gasteiger partial charge in [-0.15, -0.1) is 11.3 Å². The Labute approximate surface area is 168 Å². The summed E-state index contributed by atoms with van der Waals surface area (Å²) in [6.07, 6.45) is 2.49. The second-order valence-electron chi connectivity index (χ2n) is 7.45. The van der Waals surface area contributed by atoms with Crippen molar-refractivity contribution in [2.45, 2.75) is 32.4 Å². The molecule has 2 aliphatic rings. The predicted molar refractivity (Wildman–Crippen MR) is 104 cm³/mol. The Kier molecular flexibility index (Phi) is 5.96. The highest BCUT2D eigenvalue weighted by molar-refractivity contribution is 7.11. The van der Waals surface area contributed by atoms with Gasteiger partial charge in [-0.25, -0.2) is 15.0 Å². The fraction of sp³-hybridized carbons (Fsp3) is 0.579. The first-order valence-corrected chi connectivity index (χ1v) is 10.4. The number of β-amino-alcohol motifs (C(OH)–C–C–N with tert-alkyl or cyclic N) is 1. The number of aromatic nitrogens is 3. The first-order chi connectivity index (χ1) is 13.6. The van der Waals surface area contributed by atoms with Gasteiger partial charge in [-0.05, 0) is 19.4 Å². The zero-order chi connectivity index (χ0) is 19.5. The summed E-state index contributed by atoms with van der Waals surface area (Å²) in [5.41, 5.74) is 2.37. The number of aryl methyl sites for hydroxylation is 1. The fourth-order valence-electron chi connectivity index (χ4n) is 3.53. The van der Waals surface area contributed by atoms with E-state index in [9.17, 15) is 9.90 Å². The van der Waals surface area contributed by atoms with Gasteiger partial charge in [-0.3, -0.25) is 9.69 Å². The van der Waals surface area contributed by atoms with Gasteiger partial charge in [-0.1, -0.05) is 0 Å². The van der Waals surface area contributed by atoms with Crippen LogP contribution in [0.2, 0.25) is 0 Å². The largest absolute Gasteiger partial charge is 0.390 e. The molecule has 4 heterocycles. The van der Waals surface area contributed by atoms with Crippen LogP contribution in [0.25, 0.3) is 0 Å². The Morgan fingerprint density at radius 2 is 2.32 bits per heavy atom. The molecule has 8 nitrogen and oxygen atoms in total. The number of nitrogens with zero attached hydrogens (tertiary/aromatic N) is 4. The Hall–Kier alpha value is -1.94. The number of hydrogen-bond acceptors (Lipinski definition) is 8. The van der Waals surface area contributed by atoms with Crippen LogP contribution in [-0.4, -0.2) is 69.8 Å². The number of nitrogens with one attached hydrogen (secondary N) is 1. The van der Waals surface area contributed by atoms with Crippen LogP contribution < -0.4 is 5.32 Å². The van der Waals surface area contributed by atoms with Gasteiger partial charge < -0.3 is 15.2 Å². The van der Waals surface area contributed by atoms with Gasteiger partial charge in [0.1, 0.15) is 12.0 Å². The van der Waals surface area contributed by atoms with Crippen LogP contribution in [0.15, 0.2) is 12.4 Å². The van der Waals surface area contributed by atoms with Crippen LogP contribution in [0.1, 0.15) is 31.8 Å². The summed E-state index contributed by atoms with van der Waals surface area (Å²) in [6, 6.07) is 1.72. The minimum Gasteiger partial charge on any atom is -0.390 e. The number of fused-ring (bicyclic) bond motifs is 1. The number of thiazole rings is 1. The van der Waals surface area contributed by atoms with E-state index >= 15 is 0 Å². The van der Waals surface area contributed by atoms with Crippen molar-refractivity contribution in [1.82, 2.24) is 25.2 Å². The van der Waals surface area contributed by atoms with Gasteiger partial charge in [-0.2, -0.15) is 0 Å². The number of hydrogen-bond donors (Lipinski definition) is 2. The number of aliphatic hydroxyl groups is 1. The summed E-state index contributed by atoms with van der Waals surface area (Å²) in [5.74, 6) is 0.187. The third-order valence-corrected chi connectivity index (χ3v) is 6.04. The molecule has 0 aliphatic carbocycles. The van der Waals surface area contributed by atoms with E-state index in [4.69, 9.17) is 4.74 Å². The molecule has 2 aliphatic heterocycles. The number of ether oxygens (including phenoxy) is 1. The van der Waals surface area contributed by atoms with Crippen LogP contribution in [0, 0.1) is 12.8 Å². The minimum atomic E-state index is -0.632. The van der Waals surface area contributed by atoms with Crippen LogP contribution in [0.4, 0.5) is 0 Å². The Balaban J connectivity index is 1.25. The summed E-state index contributed by atoms with van der Waals surface area (Å²) in [5, 5.41) is 14.2. The predicted octanol–water partition coefficient (Wildman–Crippen LogP) is 0.579. The van der Waals surface area contributed by atoms with E-state index in [2.05, 4.69) is 25.2 Å². The Bertz CT molecular complexity index is 839. The maximum absolute atomic E-state index is 12.4. The van der Waals surface area contributed by atoms with Crippen LogP contribution in [-0.2, 0) is 24.1 Å². The molecule has 1 atom stereocenters. The summed E-state index contributed by atoms with van der Waals surface area (Å²) < 4.78 is 5.18. The molecule has 0 aromatic carbocycles. The second-order valence-corrected chi connectivity index (χ2v) is 8.74. The van der Waals surface area contributed by atoms with Crippen molar-refractivity contribution in [1.29, 1.82) is 0 Å². The standard InChI is InChI=1S/C19H25N5O3S/c1-12-23-16-2-3-24(8-18(16)28-12)7-15(25)6-20-19(26)17-5-14(21-11-22-17)4-13-9-27-10-13/h5,11,13,15,25H,2-4,6-10H2,1H3,(H,20,26)/t15-/m0/s1. The number of rotatable bonds is 7. The molecular weight excluding hydrogens is 378 g/mol. The smallest absolute Gasteiger partial charge is 0.270 e. The minimum absolute atomic E-state index is 0.194. The zero-order valence-electron chi connectivity index (χ0n) is 15.9. The molecule has 150 valence electrons. The van der Waals surface area contributed by atoms with Gasteiger partial charge in [0.15, 0.2) is 0 Å². The van der Waals surface area contributed by atoms with Crippen molar-refractivity contribution < 1.29 is 14.6 Å². The quantitative estimate of drug-likeness (QED) is 0.697. The molecule has 2 aromatic rings. The van der Waals surface area contributed by atoms with Gasteiger partial charge in [0.2, 0.25) is 0 Å². The molecule has 0 spiro atoms. The van der Waals surface area contributed by atoms with Gasteiger partial charge in [0, 0.05) is 49.1 Å². The lowest BCUT2D eigenvalue weighted by Gasteiger charge is -2.28.